The van der Waals surface area contributed by atoms with E-state index >= 15 is 0 Å². The third-order valence-electron chi connectivity index (χ3n) is 16.0. The summed E-state index contributed by atoms with van der Waals surface area (Å²) in [4.78, 5) is 2.46. The highest BCUT2D eigenvalue weighted by Gasteiger charge is 2.38. The van der Waals surface area contributed by atoms with Crippen molar-refractivity contribution in [1.82, 2.24) is 0 Å². The monoisotopic (exact) mass is 883 g/mol. The average molecular weight is 884 g/mol. The first-order valence-electron chi connectivity index (χ1n) is 24.2. The molecule has 0 saturated heterocycles. The zero-order valence-corrected chi connectivity index (χ0v) is 38.8. The fourth-order valence-corrected chi connectivity index (χ4v) is 12.7. The van der Waals surface area contributed by atoms with Gasteiger partial charge < -0.3 is 13.7 Å². The van der Waals surface area contributed by atoms with E-state index in [2.05, 4.69) is 233 Å². The predicted molar refractivity (Wildman–Crippen MR) is 289 cm³/mol. The van der Waals surface area contributed by atoms with Crippen LogP contribution in [0.1, 0.15) is 49.9 Å². The van der Waals surface area contributed by atoms with Gasteiger partial charge in [0.25, 0.3) is 0 Å². The number of furan rings is 2. The van der Waals surface area contributed by atoms with E-state index in [1.165, 1.54) is 76.8 Å². The number of nitrogens with zero attached hydrogens (tertiary/aromatic N) is 1. The van der Waals surface area contributed by atoms with Gasteiger partial charge in [-0.25, -0.2) is 0 Å². The maximum atomic E-state index is 6.96. The van der Waals surface area contributed by atoms with Crippen molar-refractivity contribution < 1.29 is 8.83 Å². The van der Waals surface area contributed by atoms with Crippen molar-refractivity contribution >= 4 is 93.3 Å². The molecule has 0 atom stereocenters. The molecule has 11 aromatic carbocycles. The fourth-order valence-electron chi connectivity index (χ4n) is 12.7. The largest absolute Gasteiger partial charge is 0.456 e. The molecule has 2 aromatic heterocycles. The van der Waals surface area contributed by atoms with Crippen molar-refractivity contribution in [2.75, 3.05) is 4.90 Å². The van der Waals surface area contributed by atoms with Crippen LogP contribution in [-0.2, 0) is 10.8 Å². The molecule has 2 heterocycles. The standard InChI is InChI=1S/C66H45NO2/c1-65(2)54-22-11-9-19-47(54)49-31-28-39(34-56(49)65)67(40-29-32-50-48-20-10-12-23-55(48)66(3,4)57(50)35-40)58-24-14-26-60-64(58)53-37-61-52(36-62(53)69-60)63-41(21-13-25-59(63)68-61)38-27-30-46-44-17-6-5-15-42(44)43-16-7-8-18-45(43)51(46)33-38/h5-37H,1-4H3. The Bertz CT molecular complexity index is 4250. The van der Waals surface area contributed by atoms with Crippen LogP contribution in [0.25, 0.3) is 110 Å². The quantitative estimate of drug-likeness (QED) is 0.165. The van der Waals surface area contributed by atoms with Crippen LogP contribution in [0, 0.1) is 0 Å². The van der Waals surface area contributed by atoms with Gasteiger partial charge in [0.05, 0.1) is 11.1 Å². The molecule has 0 saturated carbocycles. The Hall–Kier alpha value is -8.40. The lowest BCUT2D eigenvalue weighted by atomic mass is 9.82. The van der Waals surface area contributed by atoms with Crippen LogP contribution in [0.4, 0.5) is 17.1 Å². The number of hydrogen-bond acceptors (Lipinski definition) is 3. The first kappa shape index (κ1) is 38.7. The molecule has 15 rings (SSSR count). The Balaban J connectivity index is 0.941. The van der Waals surface area contributed by atoms with E-state index < -0.39 is 0 Å². The van der Waals surface area contributed by atoms with Crippen molar-refractivity contribution in [3.63, 3.8) is 0 Å². The second-order valence-electron chi connectivity index (χ2n) is 20.4. The minimum Gasteiger partial charge on any atom is -0.456 e. The highest BCUT2D eigenvalue weighted by molar-refractivity contribution is 6.26. The number of rotatable bonds is 4. The van der Waals surface area contributed by atoms with Crippen LogP contribution in [-0.4, -0.2) is 0 Å². The van der Waals surface area contributed by atoms with Gasteiger partial charge in [0.1, 0.15) is 22.3 Å². The number of hydrogen-bond donors (Lipinski definition) is 0. The Morgan fingerprint density at radius 2 is 0.754 bits per heavy atom. The predicted octanol–water partition coefficient (Wildman–Crippen LogP) is 18.7. The lowest BCUT2D eigenvalue weighted by molar-refractivity contribution is 0.660. The van der Waals surface area contributed by atoms with Gasteiger partial charge >= 0.3 is 0 Å². The van der Waals surface area contributed by atoms with Gasteiger partial charge in [-0.1, -0.05) is 167 Å². The Morgan fingerprint density at radius 1 is 0.304 bits per heavy atom. The van der Waals surface area contributed by atoms with E-state index in [4.69, 9.17) is 8.83 Å². The summed E-state index contributed by atoms with van der Waals surface area (Å²) in [5.41, 5.74) is 19.2. The second-order valence-corrected chi connectivity index (χ2v) is 20.4. The summed E-state index contributed by atoms with van der Waals surface area (Å²) in [6.07, 6.45) is 0. The second kappa shape index (κ2) is 13.6. The summed E-state index contributed by atoms with van der Waals surface area (Å²) >= 11 is 0. The zero-order chi connectivity index (χ0) is 45.9. The smallest absolute Gasteiger partial charge is 0.137 e. The van der Waals surface area contributed by atoms with E-state index in [0.29, 0.717) is 0 Å². The summed E-state index contributed by atoms with van der Waals surface area (Å²) in [6, 6.07) is 73.8. The Labute approximate surface area is 399 Å². The van der Waals surface area contributed by atoms with Crippen LogP contribution in [0.2, 0.25) is 0 Å². The van der Waals surface area contributed by atoms with Gasteiger partial charge in [0, 0.05) is 38.4 Å². The summed E-state index contributed by atoms with van der Waals surface area (Å²) in [5, 5.41) is 11.8. The van der Waals surface area contributed by atoms with E-state index in [9.17, 15) is 0 Å². The maximum Gasteiger partial charge on any atom is 0.137 e. The summed E-state index contributed by atoms with van der Waals surface area (Å²) in [5.74, 6) is 0. The molecule has 2 aliphatic rings. The molecule has 0 bridgehead atoms. The van der Waals surface area contributed by atoms with Crippen LogP contribution in [0.3, 0.4) is 0 Å². The Kier molecular flexibility index (Phi) is 7.63. The molecule has 3 heteroatoms. The molecule has 326 valence electrons. The van der Waals surface area contributed by atoms with Gasteiger partial charge in [-0.15, -0.1) is 0 Å². The third kappa shape index (κ3) is 5.22. The zero-order valence-electron chi connectivity index (χ0n) is 38.8. The summed E-state index contributed by atoms with van der Waals surface area (Å²) < 4.78 is 13.8. The summed E-state index contributed by atoms with van der Waals surface area (Å²) in [7, 11) is 0. The number of fused-ring (bicyclic) bond motifs is 18. The van der Waals surface area contributed by atoms with Gasteiger partial charge in [-0.05, 0) is 149 Å². The van der Waals surface area contributed by atoms with Crippen LogP contribution in [0.5, 0.6) is 0 Å². The molecule has 13 aromatic rings. The molecule has 0 amide bonds. The molecule has 0 aliphatic heterocycles. The summed E-state index contributed by atoms with van der Waals surface area (Å²) in [6.45, 7) is 9.44. The lowest BCUT2D eigenvalue weighted by Gasteiger charge is -2.30. The minimum atomic E-state index is -0.162. The van der Waals surface area contributed by atoms with Crippen molar-refractivity contribution in [3.05, 3.63) is 222 Å². The minimum absolute atomic E-state index is 0.162. The number of anilines is 3. The molecule has 0 fully saturated rings. The van der Waals surface area contributed by atoms with E-state index in [0.717, 1.165) is 72.1 Å². The van der Waals surface area contributed by atoms with Gasteiger partial charge in [0.2, 0.25) is 0 Å². The SMILES string of the molecule is CC1(C)c2ccccc2-c2ccc(N(c3ccc4c(c3)C(C)(C)c3ccccc3-4)c3cccc4oc5cc6c(cc5c34)oc3cccc(-c4ccc5c7ccccc7c7ccccc7c5c4)c36)cc21. The van der Waals surface area contributed by atoms with Crippen molar-refractivity contribution in [2.45, 2.75) is 38.5 Å². The van der Waals surface area contributed by atoms with E-state index in [1.807, 2.05) is 0 Å². The molecule has 0 unspecified atom stereocenters. The van der Waals surface area contributed by atoms with E-state index in [1.54, 1.807) is 0 Å². The molecule has 0 spiro atoms. The highest BCUT2D eigenvalue weighted by Crippen LogP contribution is 2.54. The van der Waals surface area contributed by atoms with Crippen LogP contribution in [0.15, 0.2) is 209 Å². The molecule has 2 aliphatic carbocycles. The third-order valence-corrected chi connectivity index (χ3v) is 16.0. The van der Waals surface area contributed by atoms with Gasteiger partial charge in [-0.2, -0.15) is 0 Å². The average Bonchev–Trinajstić information content (AvgIpc) is 4.08. The van der Waals surface area contributed by atoms with Crippen molar-refractivity contribution in [1.29, 1.82) is 0 Å². The lowest BCUT2D eigenvalue weighted by Crippen LogP contribution is -2.18. The molecule has 0 radical (unpaired) electrons. The maximum absolute atomic E-state index is 6.96. The molecule has 0 N–H and O–H groups in total. The Morgan fingerprint density at radius 3 is 1.33 bits per heavy atom. The number of benzene rings is 11. The van der Waals surface area contributed by atoms with Crippen molar-refractivity contribution in [2.24, 2.45) is 0 Å². The van der Waals surface area contributed by atoms with Crippen LogP contribution >= 0.6 is 0 Å². The van der Waals surface area contributed by atoms with Gasteiger partial charge in [-0.3, -0.25) is 0 Å². The normalized spacial score (nSPS) is 14.3. The highest BCUT2D eigenvalue weighted by atomic mass is 16.3. The molecule has 3 nitrogen and oxygen atoms in total. The first-order chi connectivity index (χ1) is 33.7. The first-order valence-corrected chi connectivity index (χ1v) is 24.2. The van der Waals surface area contributed by atoms with E-state index in [-0.39, 0.29) is 10.8 Å². The molecule has 69 heavy (non-hydrogen) atoms. The topological polar surface area (TPSA) is 29.5 Å². The molecular weight excluding hydrogens is 839 g/mol. The molecular formula is C66H45NO2. The van der Waals surface area contributed by atoms with Crippen molar-refractivity contribution in [3.8, 4) is 33.4 Å². The van der Waals surface area contributed by atoms with Gasteiger partial charge in [0.15, 0.2) is 0 Å². The fraction of sp³-hybridized carbons (Fsp3) is 0.0909. The van der Waals surface area contributed by atoms with Crippen LogP contribution < -0.4 is 4.90 Å².